The van der Waals surface area contributed by atoms with Crippen LogP contribution in [-0.2, 0) is 0 Å². The summed E-state index contributed by atoms with van der Waals surface area (Å²) in [6, 6.07) is 7.22. The van der Waals surface area contributed by atoms with Gasteiger partial charge >= 0.3 is 0 Å². The Morgan fingerprint density at radius 3 is 2.47 bits per heavy atom. The van der Waals surface area contributed by atoms with Gasteiger partial charge in [0.1, 0.15) is 5.82 Å². The summed E-state index contributed by atoms with van der Waals surface area (Å²) >= 11 is 0. The van der Waals surface area contributed by atoms with Crippen molar-refractivity contribution in [1.82, 2.24) is 45.0 Å². The van der Waals surface area contributed by atoms with Crippen LogP contribution >= 0.6 is 0 Å². The molecule has 0 radical (unpaired) electrons. The van der Waals surface area contributed by atoms with E-state index >= 15 is 0 Å². The Hall–Kier alpha value is -4.35. The van der Waals surface area contributed by atoms with Crippen LogP contribution < -0.4 is 10.2 Å². The summed E-state index contributed by atoms with van der Waals surface area (Å²) < 4.78 is 1.63. The number of anilines is 3. The van der Waals surface area contributed by atoms with Crippen molar-refractivity contribution in [2.45, 2.75) is 20.8 Å². The lowest BCUT2D eigenvalue weighted by Gasteiger charge is -2.34. The lowest BCUT2D eigenvalue weighted by Crippen LogP contribution is -2.49. The van der Waals surface area contributed by atoms with E-state index in [4.69, 9.17) is 0 Å². The zero-order chi connectivity index (χ0) is 23.7. The highest BCUT2D eigenvalue weighted by Gasteiger charge is 2.25. The minimum absolute atomic E-state index is 0.142. The largest absolute Gasteiger partial charge is 0.337 e. The van der Waals surface area contributed by atoms with Gasteiger partial charge in [-0.3, -0.25) is 9.89 Å². The summed E-state index contributed by atoms with van der Waals surface area (Å²) in [7, 11) is 0. The van der Waals surface area contributed by atoms with E-state index in [0.717, 1.165) is 17.0 Å². The predicted molar refractivity (Wildman–Crippen MR) is 125 cm³/mol. The quantitative estimate of drug-likeness (QED) is 0.458. The number of nitrogens with one attached hydrogen (secondary N) is 2. The van der Waals surface area contributed by atoms with E-state index in [1.165, 1.54) is 0 Å². The van der Waals surface area contributed by atoms with Crippen LogP contribution in [0.2, 0.25) is 0 Å². The molecule has 0 saturated carbocycles. The van der Waals surface area contributed by atoms with Crippen molar-refractivity contribution in [2.24, 2.45) is 0 Å². The number of rotatable bonds is 5. The van der Waals surface area contributed by atoms with Crippen LogP contribution in [0.5, 0.6) is 0 Å². The zero-order valence-electron chi connectivity index (χ0n) is 19.2. The van der Waals surface area contributed by atoms with Crippen molar-refractivity contribution in [3.8, 4) is 5.82 Å². The molecular formula is C22H25N11O. The van der Waals surface area contributed by atoms with Crippen LogP contribution in [0.25, 0.3) is 5.82 Å². The second-order valence-corrected chi connectivity index (χ2v) is 8.27. The molecule has 0 spiro atoms. The van der Waals surface area contributed by atoms with Gasteiger partial charge in [-0.25, -0.2) is 9.67 Å². The van der Waals surface area contributed by atoms with Gasteiger partial charge in [-0.05, 0) is 38.5 Å². The van der Waals surface area contributed by atoms with E-state index in [0.29, 0.717) is 55.3 Å². The van der Waals surface area contributed by atoms with Crippen LogP contribution in [0.15, 0.2) is 36.7 Å². The minimum atomic E-state index is -0.142. The fourth-order valence-electron chi connectivity index (χ4n) is 3.74. The summed E-state index contributed by atoms with van der Waals surface area (Å²) in [5.74, 6) is 2.43. The maximum atomic E-state index is 12.9. The highest BCUT2D eigenvalue weighted by molar-refractivity contribution is 5.92. The normalized spacial score (nSPS) is 13.9. The average Bonchev–Trinajstić information content (AvgIpc) is 3.46. The number of carbonyl (C=O) groups excluding carboxylic acids is 1. The molecule has 4 aromatic rings. The lowest BCUT2D eigenvalue weighted by molar-refractivity contribution is 0.0739. The number of aromatic amines is 1. The first-order chi connectivity index (χ1) is 16.4. The fourth-order valence-corrected chi connectivity index (χ4v) is 3.74. The Kier molecular flexibility index (Phi) is 5.62. The number of H-pyrrole nitrogens is 1. The highest BCUT2D eigenvalue weighted by atomic mass is 16.2. The molecule has 0 aromatic carbocycles. The second-order valence-electron chi connectivity index (χ2n) is 8.27. The van der Waals surface area contributed by atoms with E-state index in [1.807, 2.05) is 39.1 Å². The molecule has 1 aliphatic heterocycles. The Morgan fingerprint density at radius 1 is 1.00 bits per heavy atom. The van der Waals surface area contributed by atoms with Crippen molar-refractivity contribution in [3.63, 3.8) is 0 Å². The molecule has 2 N–H and O–H groups in total. The monoisotopic (exact) mass is 459 g/mol. The molecule has 0 bridgehead atoms. The number of hydrogen-bond acceptors (Lipinski definition) is 9. The standard InChI is InChI=1S/C22H25N11O/c1-14-12-23-33(13-14)20-5-4-17(28-30-20)21(34)31-6-8-32(9-7-31)22-24-15(2)10-18(26-22)25-19-11-16(3)27-29-19/h4-5,10-13H,6-9H2,1-3H3,(H2,24,25,26,27,29). The molecule has 5 heterocycles. The first-order valence-electron chi connectivity index (χ1n) is 11.0. The molecule has 1 fully saturated rings. The SMILES string of the molecule is Cc1cnn(-c2ccc(C(=O)N3CCN(c4nc(C)cc(Nc5cc(C)[nH]n5)n4)CC3)nn2)c1. The summed E-state index contributed by atoms with van der Waals surface area (Å²) in [4.78, 5) is 26.0. The Balaban J connectivity index is 1.22. The van der Waals surface area contributed by atoms with Crippen molar-refractivity contribution in [2.75, 3.05) is 36.4 Å². The fraction of sp³-hybridized carbons (Fsp3) is 0.318. The number of aromatic nitrogens is 8. The number of piperazine rings is 1. The zero-order valence-corrected chi connectivity index (χ0v) is 19.2. The number of aryl methyl sites for hydroxylation is 3. The minimum Gasteiger partial charge on any atom is -0.337 e. The molecule has 1 aliphatic rings. The molecule has 0 unspecified atom stereocenters. The number of carbonyl (C=O) groups is 1. The number of amides is 1. The van der Waals surface area contributed by atoms with Gasteiger partial charge in [-0.2, -0.15) is 15.2 Å². The molecule has 1 amide bonds. The lowest BCUT2D eigenvalue weighted by atomic mass is 10.2. The van der Waals surface area contributed by atoms with E-state index < -0.39 is 0 Å². The summed E-state index contributed by atoms with van der Waals surface area (Å²) in [5, 5.41) is 22.8. The molecule has 34 heavy (non-hydrogen) atoms. The molecule has 1 saturated heterocycles. The maximum absolute atomic E-state index is 12.9. The van der Waals surface area contributed by atoms with Crippen molar-refractivity contribution >= 4 is 23.5 Å². The summed E-state index contributed by atoms with van der Waals surface area (Å²) in [5.41, 5.74) is 3.15. The van der Waals surface area contributed by atoms with Crippen LogP contribution in [-0.4, -0.2) is 77.1 Å². The molecule has 12 heteroatoms. The molecule has 5 rings (SSSR count). The average molecular weight is 460 g/mol. The van der Waals surface area contributed by atoms with Crippen molar-refractivity contribution < 1.29 is 4.79 Å². The summed E-state index contributed by atoms with van der Waals surface area (Å²) in [6.45, 7) is 8.14. The van der Waals surface area contributed by atoms with Gasteiger partial charge in [-0.15, -0.1) is 10.2 Å². The van der Waals surface area contributed by atoms with Gasteiger partial charge in [0.05, 0.1) is 6.20 Å². The van der Waals surface area contributed by atoms with Gasteiger partial charge in [-0.1, -0.05) is 0 Å². The third-order valence-corrected chi connectivity index (χ3v) is 5.47. The first kappa shape index (κ1) is 21.5. The van der Waals surface area contributed by atoms with Crippen LogP contribution in [0.1, 0.15) is 27.4 Å². The molecular weight excluding hydrogens is 434 g/mol. The van der Waals surface area contributed by atoms with Crippen LogP contribution in [0, 0.1) is 20.8 Å². The topological polar surface area (TPSA) is 134 Å². The second kappa shape index (κ2) is 8.89. The van der Waals surface area contributed by atoms with Crippen molar-refractivity contribution in [3.05, 3.63) is 59.3 Å². The number of nitrogens with zero attached hydrogens (tertiary/aromatic N) is 9. The third kappa shape index (κ3) is 4.56. The Bertz CT molecular complexity index is 1300. The molecule has 0 aliphatic carbocycles. The van der Waals surface area contributed by atoms with Gasteiger partial charge in [0.25, 0.3) is 5.91 Å². The van der Waals surface area contributed by atoms with Gasteiger partial charge in [0.15, 0.2) is 17.3 Å². The molecule has 174 valence electrons. The van der Waals surface area contributed by atoms with E-state index in [9.17, 15) is 4.79 Å². The first-order valence-corrected chi connectivity index (χ1v) is 11.0. The summed E-state index contributed by atoms with van der Waals surface area (Å²) in [6.07, 6.45) is 3.60. The maximum Gasteiger partial charge on any atom is 0.274 e. The van der Waals surface area contributed by atoms with Crippen LogP contribution in [0.4, 0.5) is 17.6 Å². The molecule has 0 atom stereocenters. The van der Waals surface area contributed by atoms with E-state index in [-0.39, 0.29) is 5.91 Å². The van der Waals surface area contributed by atoms with E-state index in [2.05, 4.69) is 45.7 Å². The number of hydrogen-bond donors (Lipinski definition) is 2. The smallest absolute Gasteiger partial charge is 0.274 e. The predicted octanol–water partition coefficient (Wildman–Crippen LogP) is 1.81. The van der Waals surface area contributed by atoms with Gasteiger partial charge < -0.3 is 15.1 Å². The van der Waals surface area contributed by atoms with Crippen LogP contribution in [0.3, 0.4) is 0 Å². The Labute approximate surface area is 196 Å². The highest BCUT2D eigenvalue weighted by Crippen LogP contribution is 2.19. The van der Waals surface area contributed by atoms with Crippen molar-refractivity contribution in [1.29, 1.82) is 0 Å². The Morgan fingerprint density at radius 2 is 1.82 bits per heavy atom. The molecule has 12 nitrogen and oxygen atoms in total. The van der Waals surface area contributed by atoms with E-state index in [1.54, 1.807) is 27.9 Å². The third-order valence-electron chi connectivity index (χ3n) is 5.47. The molecule has 4 aromatic heterocycles. The van der Waals surface area contributed by atoms with Gasteiger partial charge in [0, 0.05) is 55.9 Å². The van der Waals surface area contributed by atoms with Gasteiger partial charge in [0.2, 0.25) is 5.95 Å².